The third-order valence-corrected chi connectivity index (χ3v) is 3.81. The highest BCUT2D eigenvalue weighted by Gasteiger charge is 2.13. The Morgan fingerprint density at radius 3 is 2.89 bits per heavy atom. The number of hydrogen-bond donors (Lipinski definition) is 1. The van der Waals surface area contributed by atoms with E-state index >= 15 is 0 Å². The zero-order valence-corrected chi connectivity index (χ0v) is 15.2. The molecule has 0 aliphatic carbocycles. The summed E-state index contributed by atoms with van der Waals surface area (Å²) in [5.74, 6) is 0.225. The molecule has 0 aliphatic rings. The minimum absolute atomic E-state index is 0.0818. The summed E-state index contributed by atoms with van der Waals surface area (Å²) in [6, 6.07) is 10.8. The van der Waals surface area contributed by atoms with Gasteiger partial charge in [0.15, 0.2) is 5.76 Å². The largest absolute Gasteiger partial charge is 0.486 e. The van der Waals surface area contributed by atoms with E-state index < -0.39 is 11.9 Å². The number of rotatable bonds is 6. The van der Waals surface area contributed by atoms with E-state index in [0.717, 1.165) is 16.0 Å². The smallest absolute Gasteiger partial charge is 0.307 e. The number of nitrogens with one attached hydrogen (secondary N) is 1. The van der Waals surface area contributed by atoms with E-state index in [-0.39, 0.29) is 17.9 Å². The zero-order chi connectivity index (χ0) is 19.4. The number of aromatic nitrogens is 2. The lowest BCUT2D eigenvalue weighted by Crippen LogP contribution is -2.17. The van der Waals surface area contributed by atoms with E-state index in [4.69, 9.17) is 9.15 Å². The average Bonchev–Trinajstić information content (AvgIpc) is 3.20. The Morgan fingerprint density at radius 1 is 1.37 bits per heavy atom. The molecular formula is C19H19FN4O3. The van der Waals surface area contributed by atoms with Gasteiger partial charge < -0.3 is 9.15 Å². The van der Waals surface area contributed by atoms with Crippen molar-refractivity contribution < 1.29 is 18.3 Å². The van der Waals surface area contributed by atoms with Crippen molar-refractivity contribution >= 4 is 12.1 Å². The number of carbonyl (C=O) groups is 1. The summed E-state index contributed by atoms with van der Waals surface area (Å²) in [6.07, 6.45) is 1.21. The second-order valence-electron chi connectivity index (χ2n) is 5.98. The molecule has 2 aromatic heterocycles. The van der Waals surface area contributed by atoms with Crippen molar-refractivity contribution in [3.8, 4) is 5.75 Å². The molecule has 3 rings (SSSR count). The maximum Gasteiger partial charge on any atom is 0.307 e. The van der Waals surface area contributed by atoms with Crippen molar-refractivity contribution in [1.29, 1.82) is 0 Å². The molecule has 0 saturated carbocycles. The van der Waals surface area contributed by atoms with E-state index in [1.54, 1.807) is 13.0 Å². The van der Waals surface area contributed by atoms with E-state index in [2.05, 4.69) is 15.6 Å². The van der Waals surface area contributed by atoms with E-state index in [9.17, 15) is 9.18 Å². The van der Waals surface area contributed by atoms with Gasteiger partial charge in [0, 0.05) is 7.05 Å². The van der Waals surface area contributed by atoms with Crippen LogP contribution < -0.4 is 10.2 Å². The standard InChI is InChI=1S/C19H19FN4O3/c1-12-5-4-6-14(9-12)26-11-15-7-8-17(27-15)19(25)22-21-10-16-13(2)23-24(3)18(16)20/h4-10H,11H2,1-3H3,(H,22,25)/b21-10-. The first-order chi connectivity index (χ1) is 12.9. The Labute approximate surface area is 155 Å². The molecule has 0 spiro atoms. The van der Waals surface area contributed by atoms with E-state index in [1.807, 2.05) is 31.2 Å². The molecule has 0 atom stereocenters. The fourth-order valence-corrected chi connectivity index (χ4v) is 2.44. The van der Waals surface area contributed by atoms with Crippen LogP contribution in [-0.2, 0) is 13.7 Å². The second-order valence-corrected chi connectivity index (χ2v) is 5.98. The van der Waals surface area contributed by atoms with Crippen molar-refractivity contribution in [2.24, 2.45) is 12.1 Å². The molecule has 0 aliphatic heterocycles. The van der Waals surface area contributed by atoms with Gasteiger partial charge in [-0.2, -0.15) is 14.6 Å². The maximum atomic E-state index is 13.8. The number of ether oxygens (including phenoxy) is 1. The Hall–Kier alpha value is -3.42. The Kier molecular flexibility index (Phi) is 5.35. The number of benzene rings is 1. The minimum atomic E-state index is -0.546. The fraction of sp³-hybridized carbons (Fsp3) is 0.211. The summed E-state index contributed by atoms with van der Waals surface area (Å²) in [7, 11) is 1.49. The number of furan rings is 1. The highest BCUT2D eigenvalue weighted by Crippen LogP contribution is 2.16. The van der Waals surface area contributed by atoms with Crippen LogP contribution in [-0.4, -0.2) is 21.9 Å². The maximum absolute atomic E-state index is 13.8. The fourth-order valence-electron chi connectivity index (χ4n) is 2.44. The molecule has 2 heterocycles. The molecule has 0 unspecified atom stereocenters. The Balaban J connectivity index is 1.57. The van der Waals surface area contributed by atoms with Crippen LogP contribution in [0.3, 0.4) is 0 Å². The van der Waals surface area contributed by atoms with Crippen LogP contribution in [0.15, 0.2) is 45.9 Å². The number of amides is 1. The number of hydrogen-bond acceptors (Lipinski definition) is 5. The number of carbonyl (C=O) groups excluding carboxylic acids is 1. The topological polar surface area (TPSA) is 81.6 Å². The van der Waals surface area contributed by atoms with Gasteiger partial charge in [-0.3, -0.25) is 4.79 Å². The van der Waals surface area contributed by atoms with Crippen molar-refractivity contribution in [2.75, 3.05) is 0 Å². The van der Waals surface area contributed by atoms with Crippen LogP contribution in [0.25, 0.3) is 0 Å². The number of nitrogens with zero attached hydrogens (tertiary/aromatic N) is 3. The first-order valence-electron chi connectivity index (χ1n) is 8.24. The van der Waals surface area contributed by atoms with Gasteiger partial charge in [-0.1, -0.05) is 12.1 Å². The molecule has 27 heavy (non-hydrogen) atoms. The summed E-state index contributed by atoms with van der Waals surface area (Å²) in [6.45, 7) is 3.82. The molecule has 0 saturated heterocycles. The van der Waals surface area contributed by atoms with Gasteiger partial charge in [0.2, 0.25) is 5.95 Å². The van der Waals surface area contributed by atoms with Gasteiger partial charge in [-0.05, 0) is 43.7 Å². The van der Waals surface area contributed by atoms with Gasteiger partial charge in [-0.25, -0.2) is 10.1 Å². The van der Waals surface area contributed by atoms with Crippen LogP contribution in [0, 0.1) is 19.8 Å². The number of halogens is 1. The predicted octanol–water partition coefficient (Wildman–Crippen LogP) is 3.11. The van der Waals surface area contributed by atoms with Gasteiger partial charge in [0.25, 0.3) is 0 Å². The third kappa shape index (κ3) is 4.41. The molecule has 0 bridgehead atoms. The lowest BCUT2D eigenvalue weighted by Gasteiger charge is -2.04. The van der Waals surface area contributed by atoms with Crippen molar-refractivity contribution in [3.63, 3.8) is 0 Å². The molecular weight excluding hydrogens is 351 g/mol. The number of hydrazone groups is 1. The molecule has 1 aromatic carbocycles. The highest BCUT2D eigenvalue weighted by atomic mass is 19.1. The molecule has 3 aromatic rings. The molecule has 0 radical (unpaired) electrons. The summed E-state index contributed by atoms with van der Waals surface area (Å²) in [4.78, 5) is 12.1. The first kappa shape index (κ1) is 18.4. The zero-order valence-electron chi connectivity index (χ0n) is 15.2. The second kappa shape index (κ2) is 7.86. The van der Waals surface area contributed by atoms with Crippen LogP contribution >= 0.6 is 0 Å². The quantitative estimate of drug-likeness (QED) is 0.534. The molecule has 140 valence electrons. The van der Waals surface area contributed by atoms with Crippen LogP contribution in [0.5, 0.6) is 5.75 Å². The monoisotopic (exact) mass is 370 g/mol. The van der Waals surface area contributed by atoms with Crippen molar-refractivity contribution in [1.82, 2.24) is 15.2 Å². The van der Waals surface area contributed by atoms with Gasteiger partial charge in [-0.15, -0.1) is 0 Å². The van der Waals surface area contributed by atoms with Gasteiger partial charge in [0.05, 0.1) is 17.5 Å². The molecule has 0 fully saturated rings. The van der Waals surface area contributed by atoms with Crippen molar-refractivity contribution in [2.45, 2.75) is 20.5 Å². The normalized spacial score (nSPS) is 11.1. The van der Waals surface area contributed by atoms with Crippen LogP contribution in [0.2, 0.25) is 0 Å². The van der Waals surface area contributed by atoms with E-state index in [0.29, 0.717) is 11.5 Å². The molecule has 1 N–H and O–H groups in total. The summed E-state index contributed by atoms with van der Waals surface area (Å²) >= 11 is 0. The summed E-state index contributed by atoms with van der Waals surface area (Å²) < 4.78 is 26.0. The third-order valence-electron chi connectivity index (χ3n) is 3.81. The van der Waals surface area contributed by atoms with Crippen LogP contribution in [0.1, 0.15) is 33.1 Å². The molecule has 8 heteroatoms. The highest BCUT2D eigenvalue weighted by molar-refractivity contribution is 5.92. The summed E-state index contributed by atoms with van der Waals surface area (Å²) in [5.41, 5.74) is 4.07. The van der Waals surface area contributed by atoms with Crippen molar-refractivity contribution in [3.05, 3.63) is 70.7 Å². The SMILES string of the molecule is Cc1cccc(OCc2ccc(C(=O)N/N=C\c3c(C)nn(C)c3F)o2)c1. The van der Waals surface area contributed by atoms with Crippen LogP contribution in [0.4, 0.5) is 4.39 Å². The Morgan fingerprint density at radius 2 is 2.19 bits per heavy atom. The number of aryl methyl sites for hydroxylation is 3. The predicted molar refractivity (Wildman–Crippen MR) is 97.2 cm³/mol. The lowest BCUT2D eigenvalue weighted by atomic mass is 10.2. The Bertz CT molecular complexity index is 991. The average molecular weight is 370 g/mol. The van der Waals surface area contributed by atoms with Gasteiger partial charge in [0.1, 0.15) is 18.1 Å². The van der Waals surface area contributed by atoms with Gasteiger partial charge >= 0.3 is 5.91 Å². The molecule has 7 nitrogen and oxygen atoms in total. The minimum Gasteiger partial charge on any atom is -0.486 e. The first-order valence-corrected chi connectivity index (χ1v) is 8.24. The summed E-state index contributed by atoms with van der Waals surface area (Å²) in [5, 5.41) is 7.68. The lowest BCUT2D eigenvalue weighted by molar-refractivity contribution is 0.0923. The molecule has 1 amide bonds. The van der Waals surface area contributed by atoms with E-state index in [1.165, 1.54) is 19.3 Å².